The van der Waals surface area contributed by atoms with Crippen LogP contribution in [0.3, 0.4) is 0 Å². The summed E-state index contributed by atoms with van der Waals surface area (Å²) in [5.74, 6) is -0.156. The van der Waals surface area contributed by atoms with Gasteiger partial charge in [-0.05, 0) is 36.6 Å². The molecule has 0 bridgehead atoms. The first-order valence-corrected chi connectivity index (χ1v) is 8.49. The highest BCUT2D eigenvalue weighted by molar-refractivity contribution is 5.26. The number of rotatable bonds is 5. The zero-order chi connectivity index (χ0) is 16.2. The van der Waals surface area contributed by atoms with Crippen LogP contribution in [0.5, 0.6) is 0 Å². The van der Waals surface area contributed by atoms with E-state index >= 15 is 0 Å². The molecule has 2 aliphatic heterocycles. The lowest BCUT2D eigenvalue weighted by molar-refractivity contribution is -0.107. The van der Waals surface area contributed by atoms with Crippen molar-refractivity contribution in [3.05, 3.63) is 35.1 Å². The van der Waals surface area contributed by atoms with E-state index in [0.717, 1.165) is 57.9 Å². The summed E-state index contributed by atoms with van der Waals surface area (Å²) in [5, 5.41) is 0. The third-order valence-electron chi connectivity index (χ3n) is 5.06. The zero-order valence-electron chi connectivity index (χ0n) is 14.1. The zero-order valence-corrected chi connectivity index (χ0v) is 14.1. The maximum atomic E-state index is 13.3. The van der Waals surface area contributed by atoms with Gasteiger partial charge in [-0.25, -0.2) is 4.39 Å². The quantitative estimate of drug-likeness (QED) is 0.828. The van der Waals surface area contributed by atoms with Gasteiger partial charge in [0.15, 0.2) is 0 Å². The van der Waals surface area contributed by atoms with Crippen LogP contribution < -0.4 is 0 Å². The van der Waals surface area contributed by atoms with Crippen LogP contribution in [0.15, 0.2) is 18.2 Å². The van der Waals surface area contributed by atoms with Gasteiger partial charge in [-0.3, -0.25) is 9.80 Å². The molecule has 0 unspecified atom stereocenters. The van der Waals surface area contributed by atoms with Gasteiger partial charge >= 0.3 is 0 Å². The predicted molar refractivity (Wildman–Crippen MR) is 88.0 cm³/mol. The minimum Gasteiger partial charge on any atom is -0.383 e. The molecule has 1 aromatic rings. The Kier molecular flexibility index (Phi) is 5.64. The summed E-state index contributed by atoms with van der Waals surface area (Å²) >= 11 is 0. The standard InChI is InChI=1S/C18H27FN2O2/c1-14-11-16(19)4-3-15(14)12-20-6-5-18-17(13-20)21(7-9-22-2)8-10-23-18/h3-4,11,17-18H,5-10,12-13H2,1-2H3/t17-,18-/m0/s1. The molecule has 0 aliphatic carbocycles. The molecule has 2 atom stereocenters. The van der Waals surface area contributed by atoms with Crippen molar-refractivity contribution < 1.29 is 13.9 Å². The first kappa shape index (κ1) is 16.8. The summed E-state index contributed by atoms with van der Waals surface area (Å²) in [6, 6.07) is 5.53. The number of benzene rings is 1. The van der Waals surface area contributed by atoms with Crippen molar-refractivity contribution in [1.29, 1.82) is 0 Å². The van der Waals surface area contributed by atoms with Crippen molar-refractivity contribution in [1.82, 2.24) is 9.80 Å². The molecule has 0 saturated carbocycles. The van der Waals surface area contributed by atoms with Gasteiger partial charge in [0.25, 0.3) is 0 Å². The van der Waals surface area contributed by atoms with E-state index < -0.39 is 0 Å². The maximum Gasteiger partial charge on any atom is 0.123 e. The van der Waals surface area contributed by atoms with Crippen LogP contribution in [0.25, 0.3) is 0 Å². The van der Waals surface area contributed by atoms with E-state index in [-0.39, 0.29) is 5.82 Å². The summed E-state index contributed by atoms with van der Waals surface area (Å²) in [6.07, 6.45) is 1.40. The second-order valence-corrected chi connectivity index (χ2v) is 6.60. The molecule has 3 rings (SSSR count). The molecule has 2 saturated heterocycles. The van der Waals surface area contributed by atoms with E-state index in [2.05, 4.69) is 9.80 Å². The number of morpholine rings is 1. The number of methoxy groups -OCH3 is 1. The van der Waals surface area contributed by atoms with Crippen molar-refractivity contribution >= 4 is 0 Å². The molecule has 2 fully saturated rings. The number of fused-ring (bicyclic) bond motifs is 1. The molecule has 0 spiro atoms. The van der Waals surface area contributed by atoms with Gasteiger partial charge in [0.1, 0.15) is 5.82 Å². The van der Waals surface area contributed by atoms with Gasteiger partial charge in [0.05, 0.1) is 19.3 Å². The smallest absolute Gasteiger partial charge is 0.123 e. The molecular weight excluding hydrogens is 295 g/mol. The van der Waals surface area contributed by atoms with Crippen molar-refractivity contribution in [3.63, 3.8) is 0 Å². The molecule has 128 valence electrons. The SMILES string of the molecule is COCCN1CCO[C@H]2CCN(Cc3ccc(F)cc3C)C[C@@H]21. The Morgan fingerprint density at radius 3 is 3.00 bits per heavy atom. The normalized spacial score (nSPS) is 26.2. The Morgan fingerprint density at radius 1 is 1.35 bits per heavy atom. The van der Waals surface area contributed by atoms with Crippen LogP contribution in [-0.4, -0.2) is 68.4 Å². The van der Waals surface area contributed by atoms with Gasteiger partial charge in [-0.15, -0.1) is 0 Å². The second-order valence-electron chi connectivity index (χ2n) is 6.60. The lowest BCUT2D eigenvalue weighted by Gasteiger charge is -2.47. The fourth-order valence-corrected chi connectivity index (χ4v) is 3.72. The summed E-state index contributed by atoms with van der Waals surface area (Å²) in [4.78, 5) is 4.97. The highest BCUT2D eigenvalue weighted by Gasteiger charge is 2.36. The van der Waals surface area contributed by atoms with Crippen LogP contribution in [0, 0.1) is 12.7 Å². The van der Waals surface area contributed by atoms with Gasteiger partial charge in [-0.1, -0.05) is 6.07 Å². The number of aryl methyl sites for hydroxylation is 1. The summed E-state index contributed by atoms with van der Waals surface area (Å²) in [5.41, 5.74) is 2.24. The molecule has 23 heavy (non-hydrogen) atoms. The summed E-state index contributed by atoms with van der Waals surface area (Å²) in [7, 11) is 1.75. The minimum atomic E-state index is -0.156. The number of nitrogens with zero attached hydrogens (tertiary/aromatic N) is 2. The lowest BCUT2D eigenvalue weighted by Crippen LogP contribution is -2.60. The third kappa shape index (κ3) is 4.10. The number of likely N-dealkylation sites (tertiary alicyclic amines) is 1. The molecule has 0 radical (unpaired) electrons. The average Bonchev–Trinajstić information content (AvgIpc) is 2.55. The van der Waals surface area contributed by atoms with E-state index in [9.17, 15) is 4.39 Å². The van der Waals surface area contributed by atoms with Crippen molar-refractivity contribution in [3.8, 4) is 0 Å². The highest BCUT2D eigenvalue weighted by atomic mass is 19.1. The summed E-state index contributed by atoms with van der Waals surface area (Å²) < 4.78 is 24.5. The Hall–Kier alpha value is -1.01. The third-order valence-corrected chi connectivity index (χ3v) is 5.06. The molecular formula is C18H27FN2O2. The largest absolute Gasteiger partial charge is 0.383 e. The van der Waals surface area contributed by atoms with E-state index in [4.69, 9.17) is 9.47 Å². The van der Waals surface area contributed by atoms with Crippen LogP contribution in [0.4, 0.5) is 4.39 Å². The van der Waals surface area contributed by atoms with Crippen LogP contribution in [0.1, 0.15) is 17.5 Å². The van der Waals surface area contributed by atoms with Gasteiger partial charge in [0, 0.05) is 45.9 Å². The Labute approximate surface area is 138 Å². The molecule has 0 N–H and O–H groups in total. The van der Waals surface area contributed by atoms with Crippen LogP contribution >= 0.6 is 0 Å². The summed E-state index contributed by atoms with van der Waals surface area (Å²) in [6.45, 7) is 8.44. The first-order chi connectivity index (χ1) is 11.2. The van der Waals surface area contributed by atoms with Crippen molar-refractivity contribution in [2.75, 3.05) is 46.5 Å². The van der Waals surface area contributed by atoms with Gasteiger partial charge in [-0.2, -0.15) is 0 Å². The van der Waals surface area contributed by atoms with Crippen LogP contribution in [-0.2, 0) is 16.0 Å². The fraction of sp³-hybridized carbons (Fsp3) is 0.667. The van der Waals surface area contributed by atoms with Gasteiger partial charge < -0.3 is 9.47 Å². The van der Waals surface area contributed by atoms with E-state index in [1.165, 1.54) is 5.56 Å². The minimum absolute atomic E-state index is 0.156. The molecule has 0 amide bonds. The van der Waals surface area contributed by atoms with E-state index in [1.807, 2.05) is 13.0 Å². The topological polar surface area (TPSA) is 24.9 Å². The van der Waals surface area contributed by atoms with E-state index in [1.54, 1.807) is 19.2 Å². The first-order valence-electron chi connectivity index (χ1n) is 8.49. The fourth-order valence-electron chi connectivity index (χ4n) is 3.72. The van der Waals surface area contributed by atoms with Crippen molar-refractivity contribution in [2.45, 2.75) is 32.0 Å². The Bertz CT molecular complexity index is 526. The van der Waals surface area contributed by atoms with Crippen molar-refractivity contribution in [2.24, 2.45) is 0 Å². The molecule has 2 heterocycles. The second kappa shape index (κ2) is 7.71. The predicted octanol–water partition coefficient (Wildman–Crippen LogP) is 2.06. The van der Waals surface area contributed by atoms with E-state index in [0.29, 0.717) is 12.1 Å². The Morgan fingerprint density at radius 2 is 2.22 bits per heavy atom. The lowest BCUT2D eigenvalue weighted by atomic mass is 9.97. The number of piperidine rings is 1. The molecule has 4 nitrogen and oxygen atoms in total. The molecule has 1 aromatic carbocycles. The van der Waals surface area contributed by atoms with Gasteiger partial charge in [0.2, 0.25) is 0 Å². The molecule has 0 aromatic heterocycles. The molecule has 5 heteroatoms. The number of halogens is 1. The van der Waals surface area contributed by atoms with Crippen LogP contribution in [0.2, 0.25) is 0 Å². The maximum absolute atomic E-state index is 13.3. The number of hydrogen-bond acceptors (Lipinski definition) is 4. The number of ether oxygens (including phenoxy) is 2. The Balaban J connectivity index is 1.64. The number of hydrogen-bond donors (Lipinski definition) is 0. The average molecular weight is 322 g/mol. The monoisotopic (exact) mass is 322 g/mol. The molecule has 2 aliphatic rings. The highest BCUT2D eigenvalue weighted by Crippen LogP contribution is 2.24.